The predicted molar refractivity (Wildman–Crippen MR) is 99.9 cm³/mol. The Labute approximate surface area is 152 Å². The summed E-state index contributed by atoms with van der Waals surface area (Å²) in [7, 11) is 0. The minimum Gasteiger partial charge on any atom is -0.355 e. The van der Waals surface area contributed by atoms with E-state index in [2.05, 4.69) is 33.8 Å². The van der Waals surface area contributed by atoms with Gasteiger partial charge in [0.15, 0.2) is 0 Å². The zero-order valence-electron chi connectivity index (χ0n) is 14.8. The molecule has 0 fully saturated rings. The third-order valence-electron chi connectivity index (χ3n) is 3.55. The van der Waals surface area contributed by atoms with Gasteiger partial charge in [0.25, 0.3) is 5.91 Å². The van der Waals surface area contributed by atoms with Crippen molar-refractivity contribution < 1.29 is 9.59 Å². The summed E-state index contributed by atoms with van der Waals surface area (Å²) in [4.78, 5) is 29.5. The van der Waals surface area contributed by atoms with Crippen molar-refractivity contribution in [2.24, 2.45) is 0 Å². The van der Waals surface area contributed by atoms with Crippen molar-refractivity contribution in [3.63, 3.8) is 0 Å². The van der Waals surface area contributed by atoms with E-state index in [1.54, 1.807) is 18.3 Å². The van der Waals surface area contributed by atoms with Crippen LogP contribution >= 0.6 is 11.8 Å². The van der Waals surface area contributed by atoms with Crippen molar-refractivity contribution >= 4 is 23.6 Å². The number of nitrogens with zero attached hydrogens (tertiary/aromatic N) is 1. The Hall–Kier alpha value is -2.34. The Morgan fingerprint density at radius 3 is 2.72 bits per heavy atom. The number of hydrogen-bond acceptors (Lipinski definition) is 4. The zero-order chi connectivity index (χ0) is 18.2. The quantitative estimate of drug-likeness (QED) is 0.799. The van der Waals surface area contributed by atoms with Crippen molar-refractivity contribution in [3.05, 3.63) is 53.2 Å². The van der Waals surface area contributed by atoms with E-state index in [0.29, 0.717) is 17.1 Å². The number of rotatable bonds is 7. The van der Waals surface area contributed by atoms with Gasteiger partial charge in [-0.05, 0) is 49.6 Å². The van der Waals surface area contributed by atoms with Gasteiger partial charge < -0.3 is 10.6 Å². The van der Waals surface area contributed by atoms with Gasteiger partial charge in [-0.2, -0.15) is 0 Å². The lowest BCUT2D eigenvalue weighted by molar-refractivity contribution is -0.120. The van der Waals surface area contributed by atoms with Gasteiger partial charge >= 0.3 is 0 Å². The lowest BCUT2D eigenvalue weighted by atomic mass is 10.2. The van der Waals surface area contributed by atoms with Crippen LogP contribution in [0.3, 0.4) is 0 Å². The fourth-order valence-corrected chi connectivity index (χ4v) is 3.22. The average Bonchev–Trinajstić information content (AvgIpc) is 2.61. The van der Waals surface area contributed by atoms with Gasteiger partial charge in [-0.3, -0.25) is 9.59 Å². The Morgan fingerprint density at radius 2 is 1.96 bits per heavy atom. The molecule has 0 aliphatic heterocycles. The van der Waals surface area contributed by atoms with E-state index in [9.17, 15) is 9.59 Å². The largest absolute Gasteiger partial charge is 0.355 e. The molecule has 2 N–H and O–H groups in total. The van der Waals surface area contributed by atoms with Crippen molar-refractivity contribution in [2.45, 2.75) is 37.1 Å². The molecule has 0 spiro atoms. The number of hydrogen-bond donors (Lipinski definition) is 2. The summed E-state index contributed by atoms with van der Waals surface area (Å²) in [5.74, 6) is -0.490. The van der Waals surface area contributed by atoms with Gasteiger partial charge in [0.2, 0.25) is 5.91 Å². The monoisotopic (exact) mass is 357 g/mol. The summed E-state index contributed by atoms with van der Waals surface area (Å²) in [6.07, 6.45) is 2.52. The SMILES string of the molecule is CCCNC(=O)CNC(=O)c1cccnc1Sc1cc(C)ccc1C. The Kier molecular flexibility index (Phi) is 7.01. The number of aromatic nitrogens is 1. The number of pyridine rings is 1. The normalized spacial score (nSPS) is 10.4. The highest BCUT2D eigenvalue weighted by Crippen LogP contribution is 2.31. The van der Waals surface area contributed by atoms with Gasteiger partial charge in [0, 0.05) is 17.6 Å². The van der Waals surface area contributed by atoms with Crippen LogP contribution in [0.2, 0.25) is 0 Å². The van der Waals surface area contributed by atoms with Crippen LogP contribution in [0.5, 0.6) is 0 Å². The number of nitrogens with one attached hydrogen (secondary N) is 2. The van der Waals surface area contributed by atoms with Crippen molar-refractivity contribution in [3.8, 4) is 0 Å². The molecule has 0 aliphatic rings. The molecule has 25 heavy (non-hydrogen) atoms. The molecular weight excluding hydrogens is 334 g/mol. The molecular formula is C19H23N3O2S. The third kappa shape index (κ3) is 5.60. The molecule has 0 radical (unpaired) electrons. The molecule has 2 rings (SSSR count). The lowest BCUT2D eigenvalue weighted by Gasteiger charge is -2.11. The van der Waals surface area contributed by atoms with Crippen LogP contribution < -0.4 is 10.6 Å². The van der Waals surface area contributed by atoms with E-state index >= 15 is 0 Å². The molecule has 0 bridgehead atoms. The summed E-state index contributed by atoms with van der Waals surface area (Å²) in [5.41, 5.74) is 2.76. The highest BCUT2D eigenvalue weighted by molar-refractivity contribution is 7.99. The first-order valence-electron chi connectivity index (χ1n) is 8.26. The molecule has 2 aromatic rings. The van der Waals surface area contributed by atoms with Gasteiger partial charge in [-0.25, -0.2) is 4.98 Å². The maximum absolute atomic E-state index is 12.4. The molecule has 0 saturated heterocycles. The smallest absolute Gasteiger partial charge is 0.254 e. The van der Waals surface area contributed by atoms with Gasteiger partial charge in [0.1, 0.15) is 5.03 Å². The van der Waals surface area contributed by atoms with E-state index in [1.807, 2.05) is 20.8 Å². The van der Waals surface area contributed by atoms with E-state index in [1.165, 1.54) is 11.8 Å². The first kappa shape index (κ1) is 19.0. The Bertz CT molecular complexity index is 762. The Morgan fingerprint density at radius 1 is 1.16 bits per heavy atom. The van der Waals surface area contributed by atoms with Crippen LogP contribution in [0.25, 0.3) is 0 Å². The van der Waals surface area contributed by atoms with E-state index in [0.717, 1.165) is 22.4 Å². The molecule has 0 unspecified atom stereocenters. The molecule has 2 amide bonds. The van der Waals surface area contributed by atoms with Crippen LogP contribution in [0, 0.1) is 13.8 Å². The molecule has 1 aromatic carbocycles. The fourth-order valence-electron chi connectivity index (χ4n) is 2.15. The number of carbonyl (C=O) groups excluding carboxylic acids is 2. The van der Waals surface area contributed by atoms with Gasteiger partial charge in [-0.15, -0.1) is 0 Å². The molecule has 1 heterocycles. The van der Waals surface area contributed by atoms with Crippen LogP contribution in [0.4, 0.5) is 0 Å². The van der Waals surface area contributed by atoms with Crippen molar-refractivity contribution in [1.29, 1.82) is 0 Å². The molecule has 6 heteroatoms. The van der Waals surface area contributed by atoms with Gasteiger partial charge in [-0.1, -0.05) is 30.8 Å². The van der Waals surface area contributed by atoms with Crippen molar-refractivity contribution in [2.75, 3.05) is 13.1 Å². The van der Waals surface area contributed by atoms with Crippen LogP contribution in [-0.2, 0) is 4.79 Å². The van der Waals surface area contributed by atoms with Crippen LogP contribution in [-0.4, -0.2) is 29.9 Å². The first-order valence-corrected chi connectivity index (χ1v) is 9.08. The molecule has 5 nitrogen and oxygen atoms in total. The number of carbonyl (C=O) groups is 2. The average molecular weight is 357 g/mol. The molecule has 1 aromatic heterocycles. The predicted octanol–water partition coefficient (Wildman–Crippen LogP) is 3.11. The zero-order valence-corrected chi connectivity index (χ0v) is 15.6. The maximum atomic E-state index is 12.4. The minimum absolute atomic E-state index is 0.0404. The molecule has 132 valence electrons. The summed E-state index contributed by atoms with van der Waals surface area (Å²) in [6.45, 7) is 6.61. The fraction of sp³-hybridized carbons (Fsp3) is 0.316. The molecule has 0 aliphatic carbocycles. The van der Waals surface area contributed by atoms with Crippen LogP contribution in [0.1, 0.15) is 34.8 Å². The second kappa shape index (κ2) is 9.22. The summed E-state index contributed by atoms with van der Waals surface area (Å²) in [5, 5.41) is 6.02. The summed E-state index contributed by atoms with van der Waals surface area (Å²) >= 11 is 1.46. The maximum Gasteiger partial charge on any atom is 0.254 e. The van der Waals surface area contributed by atoms with E-state index in [-0.39, 0.29) is 18.4 Å². The van der Waals surface area contributed by atoms with E-state index < -0.39 is 0 Å². The second-order valence-corrected chi connectivity index (χ2v) is 6.79. The molecule has 0 atom stereocenters. The number of aryl methyl sites for hydroxylation is 2. The summed E-state index contributed by atoms with van der Waals surface area (Å²) in [6, 6.07) is 9.63. The Balaban J connectivity index is 2.10. The third-order valence-corrected chi connectivity index (χ3v) is 4.73. The second-order valence-electron chi connectivity index (χ2n) is 5.76. The van der Waals surface area contributed by atoms with Crippen LogP contribution in [0.15, 0.2) is 46.5 Å². The molecule has 0 saturated carbocycles. The number of amides is 2. The standard InChI is InChI=1S/C19H23N3O2S/c1-4-9-20-17(23)12-22-18(24)15-6-5-10-21-19(15)25-16-11-13(2)7-8-14(16)3/h5-8,10-11H,4,9,12H2,1-3H3,(H,20,23)(H,22,24). The topological polar surface area (TPSA) is 71.1 Å². The summed E-state index contributed by atoms with van der Waals surface area (Å²) < 4.78 is 0. The minimum atomic E-state index is -0.299. The van der Waals surface area contributed by atoms with E-state index in [4.69, 9.17) is 0 Å². The van der Waals surface area contributed by atoms with Crippen molar-refractivity contribution in [1.82, 2.24) is 15.6 Å². The van der Waals surface area contributed by atoms with Gasteiger partial charge in [0.05, 0.1) is 12.1 Å². The highest BCUT2D eigenvalue weighted by atomic mass is 32.2. The number of benzene rings is 1. The first-order chi connectivity index (χ1) is 12.0. The lowest BCUT2D eigenvalue weighted by Crippen LogP contribution is -2.37. The highest BCUT2D eigenvalue weighted by Gasteiger charge is 2.15.